The minimum absolute atomic E-state index is 0.0277. The van der Waals surface area contributed by atoms with Crippen LogP contribution in [0.25, 0.3) is 6.08 Å². The van der Waals surface area contributed by atoms with Crippen LogP contribution in [0.1, 0.15) is 22.3 Å². The fraction of sp³-hybridized carbons (Fsp3) is 0.214. The molecule has 3 rings (SSSR count). The Morgan fingerprint density at radius 3 is 2.29 bits per heavy atom. The summed E-state index contributed by atoms with van der Waals surface area (Å²) < 4.78 is 22.1. The fourth-order valence-electron chi connectivity index (χ4n) is 3.38. The molecule has 0 heterocycles. The smallest absolute Gasteiger partial charge is 0.266 e. The van der Waals surface area contributed by atoms with Crippen molar-refractivity contribution in [1.82, 2.24) is 0 Å². The first-order valence-corrected chi connectivity index (χ1v) is 10.9. The highest BCUT2D eigenvalue weighted by Crippen LogP contribution is 2.31. The van der Waals surface area contributed by atoms with Crippen LogP contribution in [0, 0.1) is 25.2 Å². The second-order valence-electron chi connectivity index (χ2n) is 7.80. The van der Waals surface area contributed by atoms with Crippen LogP contribution in [0.4, 0.5) is 5.69 Å². The van der Waals surface area contributed by atoms with Crippen LogP contribution in [0.2, 0.25) is 0 Å². The van der Waals surface area contributed by atoms with E-state index in [-0.39, 0.29) is 12.2 Å². The SMILES string of the molecule is COc1ccc(OC)c(COc2ccc(/C=C(\C#N)C(=O)Nc3ccc(C)c(C)c3)cc2OC)c1. The van der Waals surface area contributed by atoms with Gasteiger partial charge in [0.15, 0.2) is 11.5 Å². The molecule has 7 heteroatoms. The molecule has 0 aromatic heterocycles. The maximum atomic E-state index is 12.7. The van der Waals surface area contributed by atoms with E-state index in [1.807, 2.05) is 56.3 Å². The largest absolute Gasteiger partial charge is 0.497 e. The predicted octanol–water partition coefficient (Wildman–Crippen LogP) is 5.45. The summed E-state index contributed by atoms with van der Waals surface area (Å²) in [5.41, 5.74) is 4.22. The number of methoxy groups -OCH3 is 3. The first-order valence-electron chi connectivity index (χ1n) is 10.9. The number of hydrogen-bond acceptors (Lipinski definition) is 6. The minimum Gasteiger partial charge on any atom is -0.497 e. The molecule has 3 aromatic carbocycles. The Balaban J connectivity index is 1.78. The Labute approximate surface area is 205 Å². The molecule has 0 aliphatic carbocycles. The van der Waals surface area contributed by atoms with Crippen molar-refractivity contribution in [2.24, 2.45) is 0 Å². The van der Waals surface area contributed by atoms with Gasteiger partial charge in [-0.05, 0) is 79.1 Å². The molecule has 35 heavy (non-hydrogen) atoms. The van der Waals surface area contributed by atoms with Crippen LogP contribution >= 0.6 is 0 Å². The fourth-order valence-corrected chi connectivity index (χ4v) is 3.38. The molecule has 0 fully saturated rings. The molecular formula is C28H28N2O5. The number of nitrogens with zero attached hydrogens (tertiary/aromatic N) is 1. The minimum atomic E-state index is -0.486. The van der Waals surface area contributed by atoms with E-state index in [1.165, 1.54) is 13.2 Å². The Bertz CT molecular complexity index is 1290. The molecule has 7 nitrogen and oxygen atoms in total. The summed E-state index contributed by atoms with van der Waals surface area (Å²) in [5, 5.41) is 12.3. The molecule has 0 saturated carbocycles. The molecule has 3 aromatic rings. The summed E-state index contributed by atoms with van der Waals surface area (Å²) in [7, 11) is 4.72. The number of nitrogens with one attached hydrogen (secondary N) is 1. The van der Waals surface area contributed by atoms with Gasteiger partial charge >= 0.3 is 0 Å². The summed E-state index contributed by atoms with van der Waals surface area (Å²) in [6, 6.07) is 18.2. The zero-order valence-electron chi connectivity index (χ0n) is 20.5. The zero-order valence-corrected chi connectivity index (χ0v) is 20.5. The van der Waals surface area contributed by atoms with E-state index in [2.05, 4.69) is 5.32 Å². The number of nitriles is 1. The van der Waals surface area contributed by atoms with Crippen molar-refractivity contribution in [1.29, 1.82) is 5.26 Å². The first kappa shape index (κ1) is 25.2. The zero-order chi connectivity index (χ0) is 25.4. The topological polar surface area (TPSA) is 89.8 Å². The van der Waals surface area contributed by atoms with E-state index < -0.39 is 5.91 Å². The third kappa shape index (κ3) is 6.33. The Morgan fingerprint density at radius 1 is 0.886 bits per heavy atom. The molecule has 0 aliphatic rings. The Morgan fingerprint density at radius 2 is 1.63 bits per heavy atom. The second-order valence-corrected chi connectivity index (χ2v) is 7.80. The summed E-state index contributed by atoms with van der Waals surface area (Å²) in [6.07, 6.45) is 1.51. The Hall–Kier alpha value is -4.44. The molecular weight excluding hydrogens is 444 g/mol. The quantitative estimate of drug-likeness (QED) is 0.329. The van der Waals surface area contributed by atoms with E-state index in [0.717, 1.165) is 16.7 Å². The number of benzene rings is 3. The van der Waals surface area contributed by atoms with Gasteiger partial charge < -0.3 is 24.3 Å². The number of amides is 1. The van der Waals surface area contributed by atoms with Crippen LogP contribution in [0.5, 0.6) is 23.0 Å². The average molecular weight is 473 g/mol. The van der Waals surface area contributed by atoms with E-state index in [0.29, 0.717) is 34.2 Å². The Kier molecular flexibility index (Phi) is 8.36. The van der Waals surface area contributed by atoms with Crippen LogP contribution in [-0.4, -0.2) is 27.2 Å². The first-order chi connectivity index (χ1) is 16.9. The number of rotatable bonds is 9. The summed E-state index contributed by atoms with van der Waals surface area (Å²) in [4.78, 5) is 12.7. The molecule has 1 amide bonds. The van der Waals surface area contributed by atoms with E-state index in [4.69, 9.17) is 18.9 Å². The van der Waals surface area contributed by atoms with Crippen molar-refractivity contribution in [3.63, 3.8) is 0 Å². The molecule has 0 atom stereocenters. The van der Waals surface area contributed by atoms with Crippen LogP contribution in [0.15, 0.2) is 60.2 Å². The molecule has 180 valence electrons. The lowest BCUT2D eigenvalue weighted by molar-refractivity contribution is -0.112. The van der Waals surface area contributed by atoms with Gasteiger partial charge in [0.2, 0.25) is 0 Å². The number of hydrogen-bond donors (Lipinski definition) is 1. The molecule has 0 bridgehead atoms. The average Bonchev–Trinajstić information content (AvgIpc) is 2.88. The highest BCUT2D eigenvalue weighted by Gasteiger charge is 2.13. The molecule has 1 N–H and O–H groups in total. The number of anilines is 1. The van der Waals surface area contributed by atoms with Gasteiger partial charge in [0.25, 0.3) is 5.91 Å². The summed E-state index contributed by atoms with van der Waals surface area (Å²) in [6.45, 7) is 4.19. The van der Waals surface area contributed by atoms with Crippen molar-refractivity contribution < 1.29 is 23.7 Å². The van der Waals surface area contributed by atoms with Crippen LogP contribution in [0.3, 0.4) is 0 Å². The van der Waals surface area contributed by atoms with Gasteiger partial charge in [-0.25, -0.2) is 0 Å². The number of carbonyl (C=O) groups is 1. The van der Waals surface area contributed by atoms with Gasteiger partial charge in [-0.2, -0.15) is 5.26 Å². The van der Waals surface area contributed by atoms with E-state index in [1.54, 1.807) is 32.4 Å². The number of ether oxygens (including phenoxy) is 4. The normalized spacial score (nSPS) is 10.8. The van der Waals surface area contributed by atoms with Crippen molar-refractivity contribution in [2.75, 3.05) is 26.6 Å². The van der Waals surface area contributed by atoms with Gasteiger partial charge in [-0.3, -0.25) is 4.79 Å². The third-order valence-electron chi connectivity index (χ3n) is 5.50. The van der Waals surface area contributed by atoms with Gasteiger partial charge in [0, 0.05) is 11.3 Å². The molecule has 0 spiro atoms. The number of aryl methyl sites for hydroxylation is 2. The maximum Gasteiger partial charge on any atom is 0.266 e. The lowest BCUT2D eigenvalue weighted by atomic mass is 10.1. The van der Waals surface area contributed by atoms with Gasteiger partial charge in [-0.1, -0.05) is 12.1 Å². The highest BCUT2D eigenvalue weighted by molar-refractivity contribution is 6.09. The molecule has 0 saturated heterocycles. The monoisotopic (exact) mass is 472 g/mol. The van der Waals surface area contributed by atoms with Gasteiger partial charge in [-0.15, -0.1) is 0 Å². The highest BCUT2D eigenvalue weighted by atomic mass is 16.5. The second kappa shape index (κ2) is 11.6. The maximum absolute atomic E-state index is 12.7. The summed E-state index contributed by atoms with van der Waals surface area (Å²) in [5.74, 6) is 1.86. The lowest BCUT2D eigenvalue weighted by Crippen LogP contribution is -2.13. The predicted molar refractivity (Wildman–Crippen MR) is 135 cm³/mol. The van der Waals surface area contributed by atoms with Gasteiger partial charge in [0.1, 0.15) is 29.7 Å². The summed E-state index contributed by atoms with van der Waals surface area (Å²) >= 11 is 0. The number of carbonyl (C=O) groups excluding carboxylic acids is 1. The molecule has 0 unspecified atom stereocenters. The van der Waals surface area contributed by atoms with Crippen LogP contribution in [-0.2, 0) is 11.4 Å². The van der Waals surface area contributed by atoms with E-state index >= 15 is 0 Å². The van der Waals surface area contributed by atoms with Crippen molar-refractivity contribution in [2.45, 2.75) is 20.5 Å². The van der Waals surface area contributed by atoms with Crippen LogP contribution < -0.4 is 24.3 Å². The standard InChI is InChI=1S/C28H28N2O5/c1-18-6-8-23(12-19(18)2)30-28(31)21(16-29)13-20-7-10-26(27(14-20)34-5)35-17-22-15-24(32-3)9-11-25(22)33-4/h6-15H,17H2,1-5H3,(H,30,31)/b21-13+. The molecule has 0 radical (unpaired) electrons. The van der Waals surface area contributed by atoms with Crippen molar-refractivity contribution in [3.05, 3.63) is 82.4 Å². The third-order valence-corrected chi connectivity index (χ3v) is 5.50. The van der Waals surface area contributed by atoms with Crippen molar-refractivity contribution in [3.8, 4) is 29.1 Å². The van der Waals surface area contributed by atoms with Gasteiger partial charge in [0.05, 0.1) is 21.3 Å². The lowest BCUT2D eigenvalue weighted by Gasteiger charge is -2.14. The molecule has 0 aliphatic heterocycles. The van der Waals surface area contributed by atoms with Crippen molar-refractivity contribution >= 4 is 17.7 Å². The van der Waals surface area contributed by atoms with E-state index in [9.17, 15) is 10.1 Å².